The summed E-state index contributed by atoms with van der Waals surface area (Å²) in [5.74, 6) is -1.23. The largest absolute Gasteiger partial charge is 0.494 e. The highest BCUT2D eigenvalue weighted by atomic mass is 19.1. The van der Waals surface area contributed by atoms with Crippen LogP contribution < -0.4 is 10.1 Å². The summed E-state index contributed by atoms with van der Waals surface area (Å²) < 4.78 is 18.9. The van der Waals surface area contributed by atoms with E-state index in [1.807, 2.05) is 69.3 Å². The van der Waals surface area contributed by atoms with E-state index in [-0.39, 0.29) is 37.1 Å². The third kappa shape index (κ3) is 8.53. The summed E-state index contributed by atoms with van der Waals surface area (Å²) in [4.78, 5) is 40.6. The van der Waals surface area contributed by atoms with Gasteiger partial charge >= 0.3 is 5.97 Å². The molecule has 228 valence electrons. The number of carbonyl (C=O) groups excluding carboxylic acids is 2. The monoisotopic (exact) mass is 596 g/mol. The number of aliphatic carboxylic acids is 1. The fourth-order valence-electron chi connectivity index (χ4n) is 4.93. The van der Waals surface area contributed by atoms with Crippen LogP contribution in [0.4, 0.5) is 4.39 Å². The number of nitrogens with one attached hydrogen (secondary N) is 1. The van der Waals surface area contributed by atoms with Gasteiger partial charge in [0.1, 0.15) is 11.6 Å². The Balaban J connectivity index is 1.64. The van der Waals surface area contributed by atoms with Crippen molar-refractivity contribution < 1.29 is 28.6 Å². The lowest BCUT2D eigenvalue weighted by atomic mass is 9.92. The number of carboxylic acid groups (broad SMARTS) is 1. The number of carbonyl (C=O) groups is 3. The van der Waals surface area contributed by atoms with E-state index in [1.54, 1.807) is 29.2 Å². The molecule has 0 spiro atoms. The molecule has 8 heteroatoms. The number of aryl methyl sites for hydroxylation is 2. The van der Waals surface area contributed by atoms with Crippen LogP contribution in [0.25, 0.3) is 11.1 Å². The lowest BCUT2D eigenvalue weighted by Gasteiger charge is -2.24. The Kier molecular flexibility index (Phi) is 10.9. The van der Waals surface area contributed by atoms with Crippen molar-refractivity contribution in [3.63, 3.8) is 0 Å². The summed E-state index contributed by atoms with van der Waals surface area (Å²) in [6.45, 7) is 6.81. The molecule has 0 aliphatic heterocycles. The van der Waals surface area contributed by atoms with Gasteiger partial charge in [-0.3, -0.25) is 14.4 Å². The average Bonchev–Trinajstić information content (AvgIpc) is 3.01. The third-order valence-electron chi connectivity index (χ3n) is 7.27. The highest BCUT2D eigenvalue weighted by Gasteiger charge is 2.23. The summed E-state index contributed by atoms with van der Waals surface area (Å²) >= 11 is 0. The molecule has 0 heterocycles. The smallest absolute Gasteiger partial charge is 0.305 e. The number of halogens is 1. The lowest BCUT2D eigenvalue weighted by Crippen LogP contribution is -2.35. The van der Waals surface area contributed by atoms with Gasteiger partial charge < -0.3 is 20.1 Å². The van der Waals surface area contributed by atoms with Crippen molar-refractivity contribution in [1.82, 2.24) is 10.2 Å². The topological polar surface area (TPSA) is 95.9 Å². The fraction of sp³-hybridized carbons (Fsp3) is 0.250. The van der Waals surface area contributed by atoms with Crippen molar-refractivity contribution in [2.24, 2.45) is 0 Å². The molecule has 0 aliphatic rings. The van der Waals surface area contributed by atoms with Crippen molar-refractivity contribution in [2.45, 2.75) is 40.2 Å². The van der Waals surface area contributed by atoms with Crippen LogP contribution in [0, 0.1) is 19.7 Å². The maximum atomic E-state index is 14.1. The third-order valence-corrected chi connectivity index (χ3v) is 7.27. The molecular formula is C36H37FN2O5. The average molecular weight is 597 g/mol. The summed E-state index contributed by atoms with van der Waals surface area (Å²) in [6, 6.07) is 24.5. The minimum atomic E-state index is -0.994. The van der Waals surface area contributed by atoms with Crippen LogP contribution in [0.1, 0.15) is 56.3 Å². The van der Waals surface area contributed by atoms with Crippen molar-refractivity contribution in [3.8, 4) is 16.9 Å². The lowest BCUT2D eigenvalue weighted by molar-refractivity contribution is -0.137. The van der Waals surface area contributed by atoms with Gasteiger partial charge in [-0.1, -0.05) is 59.7 Å². The first kappa shape index (κ1) is 31.9. The number of hydrogen-bond donors (Lipinski definition) is 2. The van der Waals surface area contributed by atoms with Gasteiger partial charge in [0.15, 0.2) is 0 Å². The van der Waals surface area contributed by atoms with Gasteiger partial charge in [0, 0.05) is 30.8 Å². The molecule has 0 saturated carbocycles. The van der Waals surface area contributed by atoms with Crippen LogP contribution in [0.5, 0.6) is 5.75 Å². The van der Waals surface area contributed by atoms with Crippen LogP contribution in [0.15, 0.2) is 84.9 Å². The van der Waals surface area contributed by atoms with Crippen LogP contribution in [-0.4, -0.2) is 47.5 Å². The van der Waals surface area contributed by atoms with Crippen molar-refractivity contribution in [1.29, 1.82) is 0 Å². The SMILES string of the molecule is CCOc1ccc(CCN(CCC(=O)O)C(=O)c2cc(C)ccc2-c2ccc(C)cc2C(=O)NCc2ccc(F)cc2)cc1. The van der Waals surface area contributed by atoms with E-state index in [4.69, 9.17) is 4.74 Å². The molecule has 0 unspecified atom stereocenters. The summed E-state index contributed by atoms with van der Waals surface area (Å²) in [5.41, 5.74) is 5.42. The van der Waals surface area contributed by atoms with E-state index in [2.05, 4.69) is 5.32 Å². The second-order valence-corrected chi connectivity index (χ2v) is 10.7. The first-order valence-corrected chi connectivity index (χ1v) is 14.6. The number of amides is 2. The molecule has 0 radical (unpaired) electrons. The number of carboxylic acids is 1. The van der Waals surface area contributed by atoms with E-state index in [0.29, 0.717) is 41.8 Å². The Labute approximate surface area is 257 Å². The Morgan fingerprint density at radius 3 is 2.00 bits per heavy atom. The molecule has 0 bridgehead atoms. The van der Waals surface area contributed by atoms with Crippen molar-refractivity contribution >= 4 is 17.8 Å². The molecule has 0 atom stereocenters. The maximum absolute atomic E-state index is 14.1. The highest BCUT2D eigenvalue weighted by Crippen LogP contribution is 2.30. The second kappa shape index (κ2) is 15.0. The van der Waals surface area contributed by atoms with Crippen molar-refractivity contribution in [2.75, 3.05) is 19.7 Å². The zero-order chi connectivity index (χ0) is 31.6. The molecule has 0 aliphatic carbocycles. The van der Waals surface area contributed by atoms with Gasteiger partial charge in [-0.05, 0) is 85.8 Å². The molecule has 2 amide bonds. The number of benzene rings is 4. The summed E-state index contributed by atoms with van der Waals surface area (Å²) in [5, 5.41) is 12.3. The van der Waals surface area contributed by atoms with Gasteiger partial charge in [0.05, 0.1) is 13.0 Å². The molecule has 0 aromatic heterocycles. The van der Waals surface area contributed by atoms with E-state index < -0.39 is 5.97 Å². The predicted octanol–water partition coefficient (Wildman–Crippen LogP) is 6.60. The van der Waals surface area contributed by atoms with Crippen LogP contribution >= 0.6 is 0 Å². The number of hydrogen-bond acceptors (Lipinski definition) is 4. The summed E-state index contributed by atoms with van der Waals surface area (Å²) in [7, 11) is 0. The zero-order valence-corrected chi connectivity index (χ0v) is 25.2. The molecule has 0 fully saturated rings. The molecule has 44 heavy (non-hydrogen) atoms. The van der Waals surface area contributed by atoms with Crippen LogP contribution in [-0.2, 0) is 17.8 Å². The maximum Gasteiger partial charge on any atom is 0.305 e. The first-order valence-electron chi connectivity index (χ1n) is 14.6. The standard InChI is InChI=1S/C36H37FN2O5/c1-4-44-29-13-9-26(10-14-29)17-19-39(20-18-34(40)41)36(43)33-22-25(3)6-16-31(33)30-15-5-24(2)21-32(30)35(42)38-23-27-7-11-28(37)12-8-27/h5-16,21-22H,4,17-20,23H2,1-3H3,(H,38,42)(H,40,41). The number of ether oxygens (including phenoxy) is 1. The summed E-state index contributed by atoms with van der Waals surface area (Å²) in [6.07, 6.45) is 0.332. The van der Waals surface area contributed by atoms with E-state index in [1.165, 1.54) is 12.1 Å². The normalized spacial score (nSPS) is 10.7. The molecular weight excluding hydrogens is 559 g/mol. The fourth-order valence-corrected chi connectivity index (χ4v) is 4.93. The van der Waals surface area contributed by atoms with Crippen molar-refractivity contribution in [3.05, 3.63) is 124 Å². The van der Waals surface area contributed by atoms with Gasteiger partial charge in [-0.25, -0.2) is 4.39 Å². The molecule has 4 aromatic carbocycles. The molecule has 0 saturated heterocycles. The molecule has 4 rings (SSSR count). The minimum absolute atomic E-state index is 0.0392. The number of nitrogens with zero attached hydrogens (tertiary/aromatic N) is 1. The van der Waals surface area contributed by atoms with E-state index >= 15 is 0 Å². The molecule has 4 aromatic rings. The molecule has 7 nitrogen and oxygen atoms in total. The van der Waals surface area contributed by atoms with Gasteiger partial charge in [0.25, 0.3) is 11.8 Å². The highest BCUT2D eigenvalue weighted by molar-refractivity contribution is 6.06. The molecule has 2 N–H and O–H groups in total. The quantitative estimate of drug-likeness (QED) is 0.181. The Morgan fingerprint density at radius 1 is 0.795 bits per heavy atom. The van der Waals surface area contributed by atoms with Gasteiger partial charge in [-0.15, -0.1) is 0 Å². The zero-order valence-electron chi connectivity index (χ0n) is 25.2. The van der Waals surface area contributed by atoms with Gasteiger partial charge in [-0.2, -0.15) is 0 Å². The van der Waals surface area contributed by atoms with Gasteiger partial charge in [0.2, 0.25) is 0 Å². The Hall–Kier alpha value is -4.98. The Morgan fingerprint density at radius 2 is 1.39 bits per heavy atom. The van der Waals surface area contributed by atoms with E-state index in [9.17, 15) is 23.9 Å². The number of rotatable bonds is 13. The second-order valence-electron chi connectivity index (χ2n) is 10.7. The van der Waals surface area contributed by atoms with Crippen LogP contribution in [0.2, 0.25) is 0 Å². The predicted molar refractivity (Wildman–Crippen MR) is 168 cm³/mol. The minimum Gasteiger partial charge on any atom is -0.494 e. The van der Waals surface area contributed by atoms with E-state index in [0.717, 1.165) is 28.0 Å². The van der Waals surface area contributed by atoms with Crippen LogP contribution in [0.3, 0.4) is 0 Å². The first-order chi connectivity index (χ1) is 21.1. The Bertz CT molecular complexity index is 1620.